The van der Waals surface area contributed by atoms with Gasteiger partial charge in [0.05, 0.1) is 18.2 Å². The van der Waals surface area contributed by atoms with E-state index in [2.05, 4.69) is 48.4 Å². The molecule has 1 amide bonds. The van der Waals surface area contributed by atoms with Crippen molar-refractivity contribution in [1.29, 1.82) is 0 Å². The van der Waals surface area contributed by atoms with Gasteiger partial charge >= 0.3 is 0 Å². The molecule has 0 bridgehead atoms. The Hall–Kier alpha value is -2.70. The van der Waals surface area contributed by atoms with E-state index in [1.807, 2.05) is 30.2 Å². The van der Waals surface area contributed by atoms with E-state index in [9.17, 15) is 4.79 Å². The summed E-state index contributed by atoms with van der Waals surface area (Å²) in [5, 5.41) is 5.21. The van der Waals surface area contributed by atoms with Gasteiger partial charge in [-0.25, -0.2) is 0 Å². The van der Waals surface area contributed by atoms with E-state index in [0.29, 0.717) is 55.3 Å². The van der Waals surface area contributed by atoms with Gasteiger partial charge in [0.25, 0.3) is 0 Å². The largest absolute Gasteiger partial charge is 0.489 e. The van der Waals surface area contributed by atoms with Crippen molar-refractivity contribution in [2.75, 3.05) is 26.3 Å². The summed E-state index contributed by atoms with van der Waals surface area (Å²) < 4.78 is 11.6. The highest BCUT2D eigenvalue weighted by Gasteiger charge is 2.23. The minimum Gasteiger partial charge on any atom is -0.489 e. The number of carbonyl (C=O) groups excluding carboxylic acids is 1. The second-order valence-electron chi connectivity index (χ2n) is 9.46. The summed E-state index contributed by atoms with van der Waals surface area (Å²) in [6, 6.07) is 12.2. The summed E-state index contributed by atoms with van der Waals surface area (Å²) in [4.78, 5) is 18.6. The standard InChI is InChI=1S/C27H34ClN3O3/c1-18(2)16-31(17-20-12-23(28)26-25(13-20)33-10-5-11-34-26)27(32)19(3)14-29-15-21-6-4-7-24-22(21)8-9-30-24/h4,6-9,12-13,18-19,29-30H,5,10-11,14-17H2,1-3H3/t19-/m0/s1. The van der Waals surface area contributed by atoms with Crippen LogP contribution in [0.1, 0.15) is 38.3 Å². The zero-order chi connectivity index (χ0) is 24.1. The molecule has 1 aromatic heterocycles. The summed E-state index contributed by atoms with van der Waals surface area (Å²) in [6.45, 7) is 9.92. The zero-order valence-corrected chi connectivity index (χ0v) is 21.0. The first-order valence-electron chi connectivity index (χ1n) is 12.0. The second kappa shape index (κ2) is 11.2. The SMILES string of the molecule is CC(C)CN(Cc1cc(Cl)c2c(c1)OCCCO2)C(=O)[C@@H](C)CNCc1cccc2[nH]ccc12. The molecule has 0 fully saturated rings. The zero-order valence-electron chi connectivity index (χ0n) is 20.2. The van der Waals surface area contributed by atoms with Crippen molar-refractivity contribution in [3.8, 4) is 11.5 Å². The predicted octanol–water partition coefficient (Wildman–Crippen LogP) is 5.39. The highest BCUT2D eigenvalue weighted by Crippen LogP contribution is 2.38. The quantitative estimate of drug-likeness (QED) is 0.428. The lowest BCUT2D eigenvalue weighted by atomic mass is 10.1. The van der Waals surface area contributed by atoms with Crippen LogP contribution in [0, 0.1) is 11.8 Å². The van der Waals surface area contributed by atoms with Gasteiger partial charge in [-0.2, -0.15) is 0 Å². The summed E-state index contributed by atoms with van der Waals surface area (Å²) in [6.07, 6.45) is 2.78. The Labute approximate surface area is 206 Å². The highest BCUT2D eigenvalue weighted by atomic mass is 35.5. The van der Waals surface area contributed by atoms with E-state index in [0.717, 1.165) is 24.0 Å². The van der Waals surface area contributed by atoms with Crippen molar-refractivity contribution in [3.05, 3.63) is 58.7 Å². The molecule has 34 heavy (non-hydrogen) atoms. The first-order valence-corrected chi connectivity index (χ1v) is 12.4. The van der Waals surface area contributed by atoms with Crippen LogP contribution in [0.4, 0.5) is 0 Å². The molecule has 1 aliphatic rings. The van der Waals surface area contributed by atoms with Crippen molar-refractivity contribution in [1.82, 2.24) is 15.2 Å². The molecule has 0 saturated heterocycles. The van der Waals surface area contributed by atoms with E-state index < -0.39 is 0 Å². The van der Waals surface area contributed by atoms with Gasteiger partial charge in [-0.3, -0.25) is 4.79 Å². The lowest BCUT2D eigenvalue weighted by Gasteiger charge is -2.28. The molecule has 6 nitrogen and oxygen atoms in total. The Balaban J connectivity index is 1.41. The summed E-state index contributed by atoms with van der Waals surface area (Å²) in [7, 11) is 0. The predicted molar refractivity (Wildman–Crippen MR) is 136 cm³/mol. The number of H-pyrrole nitrogens is 1. The van der Waals surface area contributed by atoms with E-state index in [1.54, 1.807) is 0 Å². The maximum Gasteiger partial charge on any atom is 0.226 e. The normalized spacial score (nSPS) is 14.3. The van der Waals surface area contributed by atoms with Crippen molar-refractivity contribution in [3.63, 3.8) is 0 Å². The third-order valence-electron chi connectivity index (χ3n) is 6.01. The van der Waals surface area contributed by atoms with Crippen LogP contribution in [0.15, 0.2) is 42.6 Å². The fourth-order valence-electron chi connectivity index (χ4n) is 4.40. The van der Waals surface area contributed by atoms with E-state index in [4.69, 9.17) is 21.1 Å². The number of nitrogens with zero attached hydrogens (tertiary/aromatic N) is 1. The third kappa shape index (κ3) is 5.86. The molecule has 182 valence electrons. The van der Waals surface area contributed by atoms with E-state index >= 15 is 0 Å². The Kier molecular flexibility index (Phi) is 8.01. The molecule has 1 aliphatic heterocycles. The molecule has 2 heterocycles. The Morgan fingerprint density at radius 1 is 1.18 bits per heavy atom. The third-order valence-corrected chi connectivity index (χ3v) is 6.29. The molecule has 7 heteroatoms. The number of amides is 1. The number of halogens is 1. The topological polar surface area (TPSA) is 66.6 Å². The average molecular weight is 484 g/mol. The molecule has 0 spiro atoms. The van der Waals surface area contributed by atoms with Crippen LogP contribution in [-0.4, -0.2) is 42.1 Å². The molecule has 2 N–H and O–H groups in total. The number of ether oxygens (including phenoxy) is 2. The summed E-state index contributed by atoms with van der Waals surface area (Å²) >= 11 is 6.49. The van der Waals surface area contributed by atoms with Gasteiger partial charge in [-0.1, -0.05) is 44.5 Å². The first-order chi connectivity index (χ1) is 16.4. The van der Waals surface area contributed by atoms with Gasteiger partial charge in [-0.15, -0.1) is 0 Å². The number of rotatable bonds is 9. The number of nitrogens with one attached hydrogen (secondary N) is 2. The minimum atomic E-state index is -0.153. The summed E-state index contributed by atoms with van der Waals surface area (Å²) in [5.41, 5.74) is 3.29. The van der Waals surface area contributed by atoms with Crippen LogP contribution in [0.2, 0.25) is 5.02 Å². The molecule has 0 aliphatic carbocycles. The van der Waals surface area contributed by atoms with Gasteiger partial charge in [0.1, 0.15) is 0 Å². The molecule has 3 aromatic rings. The number of fused-ring (bicyclic) bond motifs is 2. The lowest BCUT2D eigenvalue weighted by Crippen LogP contribution is -2.40. The van der Waals surface area contributed by atoms with Crippen molar-refractivity contribution >= 4 is 28.4 Å². The number of aromatic nitrogens is 1. The molecule has 0 saturated carbocycles. The second-order valence-corrected chi connectivity index (χ2v) is 9.86. The number of benzene rings is 2. The monoisotopic (exact) mass is 483 g/mol. The number of hydrogen-bond donors (Lipinski definition) is 2. The van der Waals surface area contributed by atoms with Crippen LogP contribution in [-0.2, 0) is 17.9 Å². The van der Waals surface area contributed by atoms with Gasteiger partial charge in [-0.05, 0) is 41.3 Å². The fraction of sp³-hybridized carbons (Fsp3) is 0.444. The van der Waals surface area contributed by atoms with Crippen LogP contribution >= 0.6 is 11.6 Å². The lowest BCUT2D eigenvalue weighted by molar-refractivity contribution is -0.136. The number of hydrogen-bond acceptors (Lipinski definition) is 4. The van der Waals surface area contributed by atoms with Crippen LogP contribution in [0.25, 0.3) is 10.9 Å². The van der Waals surface area contributed by atoms with Crippen molar-refractivity contribution in [2.45, 2.75) is 40.3 Å². The molecule has 0 unspecified atom stereocenters. The highest BCUT2D eigenvalue weighted by molar-refractivity contribution is 6.32. The molecule has 0 radical (unpaired) electrons. The maximum atomic E-state index is 13.4. The Bertz CT molecular complexity index is 1130. The van der Waals surface area contributed by atoms with E-state index in [1.165, 1.54) is 10.9 Å². The average Bonchev–Trinajstić information content (AvgIpc) is 3.16. The van der Waals surface area contributed by atoms with Crippen molar-refractivity contribution < 1.29 is 14.3 Å². The summed E-state index contributed by atoms with van der Waals surface area (Å²) in [5.74, 6) is 1.58. The Morgan fingerprint density at radius 3 is 2.82 bits per heavy atom. The molecule has 1 atom stereocenters. The van der Waals surface area contributed by atoms with Gasteiger partial charge in [0, 0.05) is 55.6 Å². The van der Waals surface area contributed by atoms with Gasteiger partial charge in [0.15, 0.2) is 11.5 Å². The smallest absolute Gasteiger partial charge is 0.226 e. The first kappa shape index (κ1) is 24.4. The van der Waals surface area contributed by atoms with Gasteiger partial charge in [0.2, 0.25) is 5.91 Å². The molecular weight excluding hydrogens is 450 g/mol. The molecular formula is C27H34ClN3O3. The fourth-order valence-corrected chi connectivity index (χ4v) is 4.68. The number of carbonyl (C=O) groups is 1. The molecule has 2 aromatic carbocycles. The van der Waals surface area contributed by atoms with Crippen LogP contribution < -0.4 is 14.8 Å². The number of aromatic amines is 1. The van der Waals surface area contributed by atoms with Gasteiger partial charge < -0.3 is 24.7 Å². The minimum absolute atomic E-state index is 0.129. The van der Waals surface area contributed by atoms with Crippen molar-refractivity contribution in [2.24, 2.45) is 11.8 Å². The van der Waals surface area contributed by atoms with Crippen LogP contribution in [0.5, 0.6) is 11.5 Å². The molecule has 4 rings (SSSR count). The van der Waals surface area contributed by atoms with E-state index in [-0.39, 0.29) is 11.8 Å². The maximum absolute atomic E-state index is 13.4. The Morgan fingerprint density at radius 2 is 2.00 bits per heavy atom. The van der Waals surface area contributed by atoms with Crippen LogP contribution in [0.3, 0.4) is 0 Å².